The third kappa shape index (κ3) is 16.6. The predicted octanol–water partition coefficient (Wildman–Crippen LogP) is 7.12. The minimum absolute atomic E-state index is 0.0340. The zero-order valence-corrected chi connectivity index (χ0v) is 52.2. The molecule has 2 aliphatic heterocycles. The average Bonchev–Trinajstić information content (AvgIpc) is 0.724. The summed E-state index contributed by atoms with van der Waals surface area (Å²) in [4.78, 5) is 64.5. The molecule has 2 atom stereocenters. The van der Waals surface area contributed by atoms with Gasteiger partial charge in [0.1, 0.15) is 5.82 Å². The first-order valence-electron chi connectivity index (χ1n) is 30.4. The number of fused-ring (bicyclic) bond motifs is 2. The molecule has 2 unspecified atom stereocenters. The summed E-state index contributed by atoms with van der Waals surface area (Å²) in [6.45, 7) is 14.8. The highest BCUT2D eigenvalue weighted by Crippen LogP contribution is 2.72. The van der Waals surface area contributed by atoms with Gasteiger partial charge >= 0.3 is 5.97 Å². The molecule has 5 heterocycles. The number of aromatic nitrogens is 4. The van der Waals surface area contributed by atoms with Gasteiger partial charge in [0, 0.05) is 80.4 Å². The number of nitrogens with zero attached hydrogens (tertiary/aromatic N) is 7. The van der Waals surface area contributed by atoms with Gasteiger partial charge in [-0.3, -0.25) is 38.7 Å². The van der Waals surface area contributed by atoms with Gasteiger partial charge in [-0.05, 0) is 116 Å². The van der Waals surface area contributed by atoms with Crippen LogP contribution in [0.25, 0.3) is 21.3 Å². The lowest BCUT2D eigenvalue weighted by Crippen LogP contribution is -2.64. The van der Waals surface area contributed by atoms with Gasteiger partial charge in [0.05, 0.1) is 114 Å². The van der Waals surface area contributed by atoms with Crippen molar-refractivity contribution in [3.8, 4) is 11.1 Å². The minimum atomic E-state index is -4.19. The van der Waals surface area contributed by atoms with E-state index in [-0.39, 0.29) is 70.7 Å². The number of pyridine rings is 1. The number of aromatic carboxylic acids is 1. The van der Waals surface area contributed by atoms with E-state index >= 15 is 0 Å². The number of amides is 3. The summed E-state index contributed by atoms with van der Waals surface area (Å²) in [5.74, 6) is -1.93. The third-order valence-corrected chi connectivity index (χ3v) is 19.1. The van der Waals surface area contributed by atoms with Crippen molar-refractivity contribution in [1.82, 2.24) is 29.5 Å². The number of benzene rings is 2. The number of hydrogen-bond donors (Lipinski definition) is 3. The van der Waals surface area contributed by atoms with Crippen molar-refractivity contribution in [2.75, 3.05) is 135 Å². The molecule has 3 amide bonds. The van der Waals surface area contributed by atoms with Gasteiger partial charge in [-0.15, -0.1) is 0 Å². The Morgan fingerprint density at radius 3 is 2.02 bits per heavy atom. The van der Waals surface area contributed by atoms with Crippen LogP contribution >= 0.6 is 11.3 Å². The summed E-state index contributed by atoms with van der Waals surface area (Å²) in [7, 11) is -4.19. The molecule has 88 heavy (non-hydrogen) atoms. The van der Waals surface area contributed by atoms with Gasteiger partial charge in [0.2, 0.25) is 0 Å². The molecule has 4 bridgehead atoms. The molecule has 0 saturated heterocycles. The number of anilines is 2. The van der Waals surface area contributed by atoms with Crippen LogP contribution in [0.15, 0.2) is 72.9 Å². The Hall–Kier alpha value is -6.10. The zero-order chi connectivity index (χ0) is 61.9. The van der Waals surface area contributed by atoms with E-state index in [0.717, 1.165) is 70.5 Å². The van der Waals surface area contributed by atoms with Crippen LogP contribution in [0.5, 0.6) is 0 Å². The van der Waals surface area contributed by atoms with E-state index in [1.54, 1.807) is 6.20 Å². The summed E-state index contributed by atoms with van der Waals surface area (Å²) in [6, 6.07) is 17.2. The van der Waals surface area contributed by atoms with Crippen LogP contribution in [0.2, 0.25) is 0 Å². The van der Waals surface area contributed by atoms with Crippen LogP contribution in [-0.4, -0.2) is 201 Å². The average molecular weight is 1260 g/mol. The summed E-state index contributed by atoms with van der Waals surface area (Å²) in [5.41, 5.74) is 4.82. The molecule has 5 aromatic rings. The Kier molecular flexibility index (Phi) is 21.2. The Balaban J connectivity index is 0.661. The first-order valence-corrected chi connectivity index (χ1v) is 32.8. The van der Waals surface area contributed by atoms with Gasteiger partial charge in [-0.25, -0.2) is 14.8 Å². The summed E-state index contributed by atoms with van der Waals surface area (Å²) >= 11 is 1.42. The lowest BCUT2D eigenvalue weighted by molar-refractivity contribution is -0.248. The second-order valence-corrected chi connectivity index (χ2v) is 27.4. The molecule has 2 aromatic carbocycles. The smallest absolute Gasteiger partial charge is 0.355 e. The number of imide groups is 1. The number of rotatable bonds is 36. The molecule has 4 aliphatic carbocycles. The third-order valence-electron chi connectivity index (χ3n) is 17.4. The van der Waals surface area contributed by atoms with E-state index < -0.39 is 16.1 Å². The molecule has 4 fully saturated rings. The van der Waals surface area contributed by atoms with Crippen LogP contribution in [0.1, 0.15) is 96.5 Å². The van der Waals surface area contributed by atoms with Crippen LogP contribution in [-0.2, 0) is 72.4 Å². The monoisotopic (exact) mass is 1250 g/mol. The summed E-state index contributed by atoms with van der Waals surface area (Å²) in [5, 5.41) is 19.2. The Morgan fingerprint density at radius 1 is 0.727 bits per heavy atom. The lowest BCUT2D eigenvalue weighted by Gasteiger charge is -2.69. The van der Waals surface area contributed by atoms with Crippen LogP contribution in [0.3, 0.4) is 0 Å². The first-order chi connectivity index (χ1) is 42.3. The fourth-order valence-corrected chi connectivity index (χ4v) is 16.1. The van der Waals surface area contributed by atoms with E-state index in [0.29, 0.717) is 152 Å². The quantitative estimate of drug-likeness (QED) is 0.0205. The van der Waals surface area contributed by atoms with Gasteiger partial charge in [-0.2, -0.15) is 13.5 Å². The maximum Gasteiger partial charge on any atom is 0.355 e. The number of para-hydroxylation sites is 1. The largest absolute Gasteiger partial charge is 0.476 e. The van der Waals surface area contributed by atoms with Crippen molar-refractivity contribution in [3.63, 3.8) is 0 Å². The Bertz CT molecular complexity index is 3360. The Morgan fingerprint density at radius 2 is 1.38 bits per heavy atom. The highest BCUT2D eigenvalue weighted by Gasteiger charge is 2.66. The number of carboxylic acids is 1. The molecule has 3 aromatic heterocycles. The summed E-state index contributed by atoms with van der Waals surface area (Å²) < 4.78 is 77.1. The standard InChI is InChI=1S/C63H82N8O15S2/c1-45-49(47-12-13-53(66-56(47)58(75)76)69-18-16-46-8-6-9-48(50(46)37-69)57(74)67-59-65-51-10-4-5-11-52(51)87-59)36-64-71(45)44-62-39-60(2)38-61(3,40-62)42-63(41-60,43-62)86-24-19-68(21-35-88(77,78)79)17-7-22-80-25-27-82-29-31-84-33-34-85-32-30-83-28-26-81-23-20-70-54(72)14-15-55(70)73/h4-6,8-15,36H,7,16-35,37-44H2,1-3H3,(H,75,76)(H,65,67,74)(H,77,78,79). The molecule has 25 heteroatoms. The topological polar surface area (TPSA) is 273 Å². The van der Waals surface area contributed by atoms with Crippen molar-refractivity contribution < 1.29 is 70.4 Å². The van der Waals surface area contributed by atoms with E-state index in [1.165, 1.54) is 23.5 Å². The van der Waals surface area contributed by atoms with Gasteiger partial charge < -0.3 is 43.2 Å². The molecule has 0 spiro atoms. The van der Waals surface area contributed by atoms with Gasteiger partial charge in [0.15, 0.2) is 10.8 Å². The molecule has 6 aliphatic rings. The van der Waals surface area contributed by atoms with E-state index in [9.17, 15) is 37.3 Å². The van der Waals surface area contributed by atoms with Crippen molar-refractivity contribution in [2.45, 2.75) is 90.8 Å². The lowest BCUT2D eigenvalue weighted by atomic mass is 9.39. The number of nitrogens with one attached hydrogen (secondary N) is 1. The van der Waals surface area contributed by atoms with Gasteiger partial charge in [-0.1, -0.05) is 49.4 Å². The second kappa shape index (κ2) is 28.8. The maximum atomic E-state index is 13.8. The normalized spacial score (nSPS) is 22.2. The van der Waals surface area contributed by atoms with E-state index in [4.69, 9.17) is 43.2 Å². The van der Waals surface area contributed by atoms with Crippen molar-refractivity contribution in [3.05, 3.63) is 101 Å². The number of carboxylic acid groups (broad SMARTS) is 1. The van der Waals surface area contributed by atoms with E-state index in [2.05, 4.69) is 24.1 Å². The number of hydrogen-bond acceptors (Lipinski definition) is 19. The molecular weight excluding hydrogens is 1170 g/mol. The van der Waals surface area contributed by atoms with Crippen molar-refractivity contribution in [1.29, 1.82) is 0 Å². The fraction of sp³-hybridized carbons (Fsp3) is 0.571. The number of carbonyl (C=O) groups is 4. The summed E-state index contributed by atoms with van der Waals surface area (Å²) in [6.07, 6.45) is 11.4. The molecule has 23 nitrogen and oxygen atoms in total. The SMILES string of the molecule is Cc1c(-c2ccc(N3CCc4cccc(C(=O)Nc5nc6ccccc6s5)c4C3)nc2C(=O)O)cnn1CC12CC3(C)CC(C)(C1)CC(OCCN(CCCOCCOCCOCCOCCOCCOCCN1C(=O)C=CC1=O)CCS(=O)(=O)O)(C3)C2. The minimum Gasteiger partial charge on any atom is -0.476 e. The van der Waals surface area contributed by atoms with Crippen LogP contribution in [0, 0.1) is 23.2 Å². The van der Waals surface area contributed by atoms with E-state index in [1.807, 2.05) is 76.0 Å². The predicted molar refractivity (Wildman–Crippen MR) is 329 cm³/mol. The number of carbonyl (C=O) groups excluding carboxylic acids is 3. The second-order valence-electron chi connectivity index (χ2n) is 24.8. The number of thiazole rings is 1. The molecule has 0 radical (unpaired) electrons. The number of ether oxygens (including phenoxy) is 7. The zero-order valence-electron chi connectivity index (χ0n) is 50.6. The molecule has 11 rings (SSSR count). The first kappa shape index (κ1) is 64.9. The molecule has 476 valence electrons. The highest BCUT2D eigenvalue weighted by atomic mass is 32.2. The van der Waals surface area contributed by atoms with Crippen molar-refractivity contribution >= 4 is 66.3 Å². The molecule has 3 N–H and O–H groups in total. The van der Waals surface area contributed by atoms with Gasteiger partial charge in [0.25, 0.3) is 27.8 Å². The molecule has 4 saturated carbocycles. The maximum absolute atomic E-state index is 13.8. The van der Waals surface area contributed by atoms with Crippen LogP contribution in [0.4, 0.5) is 10.9 Å². The Labute approximate surface area is 517 Å². The van der Waals surface area contributed by atoms with Crippen LogP contribution < -0.4 is 10.2 Å². The fourth-order valence-electron chi connectivity index (χ4n) is 14.8. The van der Waals surface area contributed by atoms with Crippen molar-refractivity contribution in [2.24, 2.45) is 16.2 Å². The molecular formula is C63H82N8O15S2. The highest BCUT2D eigenvalue weighted by molar-refractivity contribution is 7.85.